The second kappa shape index (κ2) is 8.57. The van der Waals surface area contributed by atoms with Gasteiger partial charge in [0.1, 0.15) is 6.54 Å². The van der Waals surface area contributed by atoms with E-state index in [1.54, 1.807) is 12.1 Å². The molecule has 0 bridgehead atoms. The molecule has 0 fully saturated rings. The molecule has 0 unspecified atom stereocenters. The lowest BCUT2D eigenvalue weighted by molar-refractivity contribution is -0.120. The van der Waals surface area contributed by atoms with Gasteiger partial charge in [-0.05, 0) is 56.0 Å². The summed E-state index contributed by atoms with van der Waals surface area (Å²) in [6, 6.07) is 13.3. The third-order valence-corrected chi connectivity index (χ3v) is 5.55. The first kappa shape index (κ1) is 21.0. The maximum atomic E-state index is 12.6. The highest BCUT2D eigenvalue weighted by molar-refractivity contribution is 7.92. The van der Waals surface area contributed by atoms with E-state index in [0.29, 0.717) is 5.69 Å². The van der Waals surface area contributed by atoms with Crippen molar-refractivity contribution in [2.45, 2.75) is 40.2 Å². The second-order valence-electron chi connectivity index (χ2n) is 7.05. The highest BCUT2D eigenvalue weighted by Gasteiger charge is 2.23. The predicted molar refractivity (Wildman–Crippen MR) is 110 cm³/mol. The maximum Gasteiger partial charge on any atom is 0.241 e. The van der Waals surface area contributed by atoms with Crippen molar-refractivity contribution < 1.29 is 13.2 Å². The third-order valence-electron chi connectivity index (χ3n) is 4.41. The lowest BCUT2D eigenvalue weighted by Gasteiger charge is -2.25. The number of carbonyl (C=O) groups excluding carboxylic acids is 1. The minimum atomic E-state index is -3.59. The summed E-state index contributed by atoms with van der Waals surface area (Å²) < 4.78 is 25.8. The van der Waals surface area contributed by atoms with Gasteiger partial charge in [0.15, 0.2) is 0 Å². The summed E-state index contributed by atoms with van der Waals surface area (Å²) >= 11 is 0. The fraction of sp³-hybridized carbons (Fsp3) is 0.381. The van der Waals surface area contributed by atoms with Crippen LogP contribution in [0, 0.1) is 20.8 Å². The number of nitrogens with one attached hydrogen (secondary N) is 1. The Morgan fingerprint density at radius 1 is 1.00 bits per heavy atom. The lowest BCUT2D eigenvalue weighted by Crippen LogP contribution is -2.41. The van der Waals surface area contributed by atoms with Crippen LogP contribution in [0.1, 0.15) is 41.6 Å². The van der Waals surface area contributed by atoms with Crippen molar-refractivity contribution in [3.63, 3.8) is 0 Å². The first-order valence-electron chi connectivity index (χ1n) is 9.02. The first-order chi connectivity index (χ1) is 12.6. The molecule has 1 atom stereocenters. The summed E-state index contributed by atoms with van der Waals surface area (Å²) in [4.78, 5) is 12.6. The van der Waals surface area contributed by atoms with Crippen molar-refractivity contribution in [1.29, 1.82) is 0 Å². The van der Waals surface area contributed by atoms with Crippen LogP contribution in [-0.2, 0) is 14.8 Å². The van der Waals surface area contributed by atoms with Gasteiger partial charge in [-0.3, -0.25) is 9.10 Å². The molecule has 0 aliphatic carbocycles. The SMILES string of the molecule is CC[C@@H](NC(=O)CN(c1cc(C)cc(C)c1)S(C)(=O)=O)c1ccc(C)cc1. The fourth-order valence-corrected chi connectivity index (χ4v) is 3.93. The quantitative estimate of drug-likeness (QED) is 0.787. The third kappa shape index (κ3) is 5.82. The molecule has 0 radical (unpaired) electrons. The van der Waals surface area contributed by atoms with Crippen molar-refractivity contribution in [3.05, 3.63) is 64.7 Å². The molecule has 0 aliphatic heterocycles. The van der Waals surface area contributed by atoms with Crippen LogP contribution in [0.2, 0.25) is 0 Å². The number of hydrogen-bond donors (Lipinski definition) is 1. The molecule has 146 valence electrons. The zero-order valence-corrected chi connectivity index (χ0v) is 17.4. The molecular weight excluding hydrogens is 360 g/mol. The molecule has 1 N–H and O–H groups in total. The Labute approximate surface area is 162 Å². The number of anilines is 1. The summed E-state index contributed by atoms with van der Waals surface area (Å²) in [5, 5.41) is 2.96. The highest BCUT2D eigenvalue weighted by Crippen LogP contribution is 2.22. The molecule has 27 heavy (non-hydrogen) atoms. The lowest BCUT2D eigenvalue weighted by atomic mass is 10.0. The molecule has 0 saturated heterocycles. The Morgan fingerprint density at radius 3 is 2.04 bits per heavy atom. The Balaban J connectivity index is 2.21. The zero-order valence-electron chi connectivity index (χ0n) is 16.6. The van der Waals surface area contributed by atoms with E-state index in [9.17, 15) is 13.2 Å². The van der Waals surface area contributed by atoms with Gasteiger partial charge < -0.3 is 5.32 Å². The highest BCUT2D eigenvalue weighted by atomic mass is 32.2. The number of rotatable bonds is 7. The summed E-state index contributed by atoms with van der Waals surface area (Å²) in [7, 11) is -3.59. The number of sulfonamides is 1. The van der Waals surface area contributed by atoms with Crippen LogP contribution in [0.5, 0.6) is 0 Å². The van der Waals surface area contributed by atoms with Crippen LogP contribution in [0.4, 0.5) is 5.69 Å². The van der Waals surface area contributed by atoms with E-state index in [1.807, 2.05) is 58.0 Å². The smallest absolute Gasteiger partial charge is 0.241 e. The van der Waals surface area contributed by atoms with Crippen LogP contribution in [0.3, 0.4) is 0 Å². The van der Waals surface area contributed by atoms with E-state index < -0.39 is 10.0 Å². The second-order valence-corrected chi connectivity index (χ2v) is 8.96. The van der Waals surface area contributed by atoms with Crippen LogP contribution in [0.15, 0.2) is 42.5 Å². The first-order valence-corrected chi connectivity index (χ1v) is 10.9. The monoisotopic (exact) mass is 388 g/mol. The van der Waals surface area contributed by atoms with Gasteiger partial charge in [-0.15, -0.1) is 0 Å². The minimum absolute atomic E-state index is 0.154. The predicted octanol–water partition coefficient (Wildman–Crippen LogP) is 3.65. The van der Waals surface area contributed by atoms with E-state index in [2.05, 4.69) is 5.32 Å². The van der Waals surface area contributed by atoms with Crippen molar-refractivity contribution in [2.75, 3.05) is 17.1 Å². The van der Waals surface area contributed by atoms with Crippen LogP contribution >= 0.6 is 0 Å². The van der Waals surface area contributed by atoms with E-state index in [4.69, 9.17) is 0 Å². The van der Waals surface area contributed by atoms with Crippen LogP contribution in [0.25, 0.3) is 0 Å². The van der Waals surface area contributed by atoms with E-state index in [1.165, 1.54) is 0 Å². The Bertz CT molecular complexity index is 885. The molecule has 2 aromatic carbocycles. The average Bonchev–Trinajstić information content (AvgIpc) is 2.56. The molecular formula is C21H28N2O3S. The van der Waals surface area contributed by atoms with Crippen molar-refractivity contribution in [3.8, 4) is 0 Å². The molecule has 2 aromatic rings. The topological polar surface area (TPSA) is 66.5 Å². The number of carbonyl (C=O) groups is 1. The molecule has 0 aromatic heterocycles. The van der Waals surface area contributed by atoms with E-state index in [0.717, 1.165) is 39.2 Å². The number of benzene rings is 2. The Morgan fingerprint density at radius 2 is 1.56 bits per heavy atom. The standard InChI is InChI=1S/C21H28N2O3S/c1-6-20(18-9-7-15(2)8-10-18)22-21(24)14-23(27(5,25)26)19-12-16(3)11-17(4)13-19/h7-13,20H,6,14H2,1-5H3,(H,22,24)/t20-/m1/s1. The number of aryl methyl sites for hydroxylation is 3. The van der Waals surface area contributed by atoms with Gasteiger partial charge in [-0.25, -0.2) is 8.42 Å². The van der Waals surface area contributed by atoms with Crippen molar-refractivity contribution in [2.24, 2.45) is 0 Å². The molecule has 1 amide bonds. The van der Waals surface area contributed by atoms with Crippen LogP contribution < -0.4 is 9.62 Å². The van der Waals surface area contributed by atoms with Gasteiger partial charge in [0.05, 0.1) is 18.0 Å². The van der Waals surface area contributed by atoms with E-state index >= 15 is 0 Å². The molecule has 5 nitrogen and oxygen atoms in total. The zero-order chi connectivity index (χ0) is 20.2. The molecule has 0 spiro atoms. The molecule has 2 rings (SSSR count). The normalized spacial score (nSPS) is 12.5. The van der Waals surface area contributed by atoms with Gasteiger partial charge in [0, 0.05) is 0 Å². The van der Waals surface area contributed by atoms with Gasteiger partial charge in [0.2, 0.25) is 15.9 Å². The van der Waals surface area contributed by atoms with Gasteiger partial charge >= 0.3 is 0 Å². The van der Waals surface area contributed by atoms with Gasteiger partial charge in [-0.1, -0.05) is 42.8 Å². The minimum Gasteiger partial charge on any atom is -0.348 e. The average molecular weight is 389 g/mol. The van der Waals surface area contributed by atoms with E-state index in [-0.39, 0.29) is 18.5 Å². The maximum absolute atomic E-state index is 12.6. The van der Waals surface area contributed by atoms with Crippen molar-refractivity contribution in [1.82, 2.24) is 5.32 Å². The molecule has 0 heterocycles. The number of nitrogens with zero attached hydrogens (tertiary/aromatic N) is 1. The van der Waals surface area contributed by atoms with Gasteiger partial charge in [-0.2, -0.15) is 0 Å². The summed E-state index contributed by atoms with van der Waals surface area (Å²) in [5.41, 5.74) is 4.57. The van der Waals surface area contributed by atoms with Crippen molar-refractivity contribution >= 4 is 21.6 Å². The summed E-state index contributed by atoms with van der Waals surface area (Å²) in [6.45, 7) is 7.56. The van der Waals surface area contributed by atoms with Crippen LogP contribution in [-0.4, -0.2) is 27.1 Å². The molecule has 6 heteroatoms. The van der Waals surface area contributed by atoms with Gasteiger partial charge in [0.25, 0.3) is 0 Å². The number of hydrogen-bond acceptors (Lipinski definition) is 3. The Kier molecular flexibility index (Phi) is 6.65. The summed E-state index contributed by atoms with van der Waals surface area (Å²) in [5.74, 6) is -0.327. The molecule has 0 saturated carbocycles. The fourth-order valence-electron chi connectivity index (χ4n) is 3.08. The summed E-state index contributed by atoms with van der Waals surface area (Å²) in [6.07, 6.45) is 1.84. The number of amides is 1. The molecule has 0 aliphatic rings. The largest absolute Gasteiger partial charge is 0.348 e. The Hall–Kier alpha value is -2.34.